The van der Waals surface area contributed by atoms with E-state index in [0.29, 0.717) is 17.2 Å². The number of anilines is 1. The van der Waals surface area contributed by atoms with E-state index in [4.69, 9.17) is 21.1 Å². The van der Waals surface area contributed by atoms with Crippen LogP contribution in [0.5, 0.6) is 11.5 Å². The fraction of sp³-hybridized carbons (Fsp3) is 0.188. The molecule has 1 aromatic carbocycles. The predicted octanol–water partition coefficient (Wildman–Crippen LogP) is 3.48. The van der Waals surface area contributed by atoms with Gasteiger partial charge in [0.05, 0.1) is 25.4 Å². The fourth-order valence-corrected chi connectivity index (χ4v) is 3.65. The summed E-state index contributed by atoms with van der Waals surface area (Å²) < 4.78 is 11.6. The fourth-order valence-electron chi connectivity index (χ4n) is 2.49. The lowest BCUT2D eigenvalue weighted by Gasteiger charge is -2.09. The first-order valence-corrected chi connectivity index (χ1v) is 8.10. The summed E-state index contributed by atoms with van der Waals surface area (Å²) in [6.45, 7) is 1.85. The van der Waals surface area contributed by atoms with Crippen LogP contribution in [0.4, 0.5) is 5.69 Å². The molecule has 0 aliphatic rings. The van der Waals surface area contributed by atoms with Gasteiger partial charge in [0, 0.05) is 32.6 Å². The summed E-state index contributed by atoms with van der Waals surface area (Å²) in [6, 6.07) is 3.64. The summed E-state index contributed by atoms with van der Waals surface area (Å²) in [4.78, 5) is 27.9. The van der Waals surface area contributed by atoms with Crippen molar-refractivity contribution in [1.29, 1.82) is 0 Å². The van der Waals surface area contributed by atoms with Crippen LogP contribution < -0.4 is 14.8 Å². The molecule has 6 nitrogen and oxygen atoms in total. The van der Waals surface area contributed by atoms with Crippen molar-refractivity contribution in [3.63, 3.8) is 0 Å². The molecule has 0 fully saturated rings. The quantitative estimate of drug-likeness (QED) is 0.566. The molecule has 0 aliphatic heterocycles. The van der Waals surface area contributed by atoms with E-state index in [1.165, 1.54) is 11.3 Å². The Morgan fingerprint density at radius 3 is 2.46 bits per heavy atom. The molecule has 1 N–H and O–H groups in total. The maximum Gasteiger partial charge on any atom is 0.310 e. The van der Waals surface area contributed by atoms with Gasteiger partial charge in [-0.05, 0) is 24.6 Å². The maximum absolute atomic E-state index is 11.6. The van der Waals surface area contributed by atoms with E-state index >= 15 is 0 Å². The number of pyridine rings is 1. The predicted molar refractivity (Wildman–Crippen MR) is 94.5 cm³/mol. The first-order chi connectivity index (χ1) is 11.5. The highest BCUT2D eigenvalue weighted by Crippen LogP contribution is 2.41. The van der Waals surface area contributed by atoms with Crippen molar-refractivity contribution < 1.29 is 19.1 Å². The number of carbonyl (C=O) groups excluding carboxylic acids is 2. The molecular weight excluding hydrogens is 352 g/mol. The summed E-state index contributed by atoms with van der Waals surface area (Å²) in [5, 5.41) is 3.09. The van der Waals surface area contributed by atoms with Crippen molar-refractivity contribution in [2.24, 2.45) is 0 Å². The molecule has 1 amide bonds. The van der Waals surface area contributed by atoms with E-state index in [0.717, 1.165) is 25.9 Å². The lowest BCUT2D eigenvalue weighted by Crippen LogP contribution is -2.18. The smallest absolute Gasteiger partial charge is 0.310 e. The minimum atomic E-state index is -1.06. The molecule has 2 aromatic heterocycles. The molecule has 8 heteroatoms. The lowest BCUT2D eigenvalue weighted by molar-refractivity contribution is -0.130. The Morgan fingerprint density at radius 1 is 1.17 bits per heavy atom. The van der Waals surface area contributed by atoms with Crippen molar-refractivity contribution in [2.45, 2.75) is 6.92 Å². The van der Waals surface area contributed by atoms with Crippen molar-refractivity contribution >= 4 is 60.8 Å². The number of ether oxygens (including phenoxy) is 2. The van der Waals surface area contributed by atoms with Crippen molar-refractivity contribution in [3.8, 4) is 11.5 Å². The number of nitrogens with zero attached hydrogens (tertiary/aromatic N) is 1. The van der Waals surface area contributed by atoms with Gasteiger partial charge in [-0.2, -0.15) is 0 Å². The number of amides is 1. The zero-order valence-electron chi connectivity index (χ0n) is 13.1. The van der Waals surface area contributed by atoms with Gasteiger partial charge in [0.1, 0.15) is 0 Å². The number of aromatic nitrogens is 1. The van der Waals surface area contributed by atoms with Crippen LogP contribution in [0.15, 0.2) is 18.3 Å². The van der Waals surface area contributed by atoms with Crippen LogP contribution in [-0.4, -0.2) is 30.4 Å². The second kappa shape index (κ2) is 6.26. The number of thiophene rings is 1. The second-order valence-corrected chi connectivity index (χ2v) is 6.55. The summed E-state index contributed by atoms with van der Waals surface area (Å²) in [7, 11) is 3.13. The zero-order chi connectivity index (χ0) is 17.4. The zero-order valence-corrected chi connectivity index (χ0v) is 14.7. The number of rotatable bonds is 4. The third kappa shape index (κ3) is 2.65. The number of aryl methyl sites for hydroxylation is 1. The van der Waals surface area contributed by atoms with Gasteiger partial charge in [0.2, 0.25) is 0 Å². The molecule has 2 heterocycles. The first kappa shape index (κ1) is 16.5. The molecule has 24 heavy (non-hydrogen) atoms. The van der Waals surface area contributed by atoms with Gasteiger partial charge < -0.3 is 14.8 Å². The average Bonchev–Trinajstić information content (AvgIpc) is 2.89. The average molecular weight is 365 g/mol. The minimum Gasteiger partial charge on any atom is -0.493 e. The Hall–Kier alpha value is -2.38. The molecule has 3 rings (SSSR count). The van der Waals surface area contributed by atoms with Crippen LogP contribution in [0.2, 0.25) is 0 Å². The third-order valence-corrected chi connectivity index (χ3v) is 4.94. The monoisotopic (exact) mass is 364 g/mol. The first-order valence-electron chi connectivity index (χ1n) is 6.91. The van der Waals surface area contributed by atoms with Gasteiger partial charge in [0.25, 0.3) is 0 Å². The van der Waals surface area contributed by atoms with Gasteiger partial charge in [-0.3, -0.25) is 14.6 Å². The Morgan fingerprint density at radius 2 is 1.83 bits per heavy atom. The molecule has 0 bridgehead atoms. The van der Waals surface area contributed by atoms with Gasteiger partial charge >= 0.3 is 11.1 Å². The molecule has 0 spiro atoms. The van der Waals surface area contributed by atoms with Crippen LogP contribution in [0.3, 0.4) is 0 Å². The van der Waals surface area contributed by atoms with E-state index in [9.17, 15) is 9.59 Å². The number of methoxy groups -OCH3 is 2. The molecule has 124 valence electrons. The van der Waals surface area contributed by atoms with Crippen LogP contribution >= 0.6 is 22.9 Å². The Bertz CT molecular complexity index is 983. The topological polar surface area (TPSA) is 77.5 Å². The van der Waals surface area contributed by atoms with Crippen molar-refractivity contribution in [3.05, 3.63) is 23.2 Å². The lowest BCUT2D eigenvalue weighted by atomic mass is 10.1. The Labute approximate surface area is 146 Å². The van der Waals surface area contributed by atoms with Crippen molar-refractivity contribution in [2.75, 3.05) is 19.5 Å². The summed E-state index contributed by atoms with van der Waals surface area (Å²) >= 11 is 6.71. The van der Waals surface area contributed by atoms with Gasteiger partial charge in [-0.1, -0.05) is 0 Å². The number of halogens is 1. The number of fused-ring (bicyclic) bond motifs is 3. The number of hydrogen-bond acceptors (Lipinski definition) is 6. The molecule has 3 aromatic rings. The number of carbonyl (C=O) groups is 2. The molecular formula is C16H13ClN2O4S. The standard InChI is InChI=1S/C16H13ClN2O4S/c1-7-13(19-16(21)15(17)20)9-6-18-10-5-12(23-3)11(22-2)4-8(10)14(9)24-7/h4-6H,1-3H3,(H,19,21). The van der Waals surface area contributed by atoms with Crippen molar-refractivity contribution in [1.82, 2.24) is 4.98 Å². The van der Waals surface area contributed by atoms with Crippen LogP contribution in [-0.2, 0) is 9.59 Å². The highest BCUT2D eigenvalue weighted by molar-refractivity contribution is 7.20. The number of benzene rings is 1. The minimum absolute atomic E-state index is 0.540. The number of nitrogens with one attached hydrogen (secondary N) is 1. The summed E-state index contributed by atoms with van der Waals surface area (Å²) in [6.07, 6.45) is 1.65. The third-order valence-electron chi connectivity index (χ3n) is 3.62. The van der Waals surface area contributed by atoms with Crippen LogP contribution in [0.1, 0.15) is 4.88 Å². The highest BCUT2D eigenvalue weighted by Gasteiger charge is 2.18. The molecule has 0 saturated heterocycles. The van der Waals surface area contributed by atoms with E-state index in [2.05, 4.69) is 10.3 Å². The SMILES string of the molecule is COc1cc2ncc3c(NC(=O)C(=O)Cl)c(C)sc3c2cc1OC. The van der Waals surface area contributed by atoms with Gasteiger partial charge in [0.15, 0.2) is 11.5 Å². The van der Waals surface area contributed by atoms with E-state index < -0.39 is 11.1 Å². The summed E-state index contributed by atoms with van der Waals surface area (Å²) in [5.41, 5.74) is 1.28. The molecule has 0 unspecified atom stereocenters. The molecule has 0 saturated carbocycles. The van der Waals surface area contributed by atoms with E-state index in [-0.39, 0.29) is 0 Å². The molecule has 0 radical (unpaired) electrons. The largest absolute Gasteiger partial charge is 0.493 e. The Kier molecular flexibility index (Phi) is 4.29. The highest BCUT2D eigenvalue weighted by atomic mass is 35.5. The maximum atomic E-state index is 11.6. The number of hydrogen-bond donors (Lipinski definition) is 1. The summed E-state index contributed by atoms with van der Waals surface area (Å²) in [5.74, 6) is 0.310. The molecule has 0 atom stereocenters. The van der Waals surface area contributed by atoms with Crippen LogP contribution in [0.25, 0.3) is 21.0 Å². The van der Waals surface area contributed by atoms with Gasteiger partial charge in [-0.25, -0.2) is 0 Å². The Balaban J connectivity index is 2.25. The van der Waals surface area contributed by atoms with Crippen LogP contribution in [0, 0.1) is 6.92 Å². The van der Waals surface area contributed by atoms with E-state index in [1.807, 2.05) is 13.0 Å². The second-order valence-electron chi connectivity index (χ2n) is 4.99. The van der Waals surface area contributed by atoms with E-state index in [1.54, 1.807) is 26.5 Å². The normalized spacial score (nSPS) is 10.8. The van der Waals surface area contributed by atoms with Gasteiger partial charge in [-0.15, -0.1) is 11.3 Å². The molecule has 0 aliphatic carbocycles.